The molecular weight excluding hydrogens is 320 g/mol. The van der Waals surface area contributed by atoms with Gasteiger partial charge in [-0.1, -0.05) is 28.1 Å². The van der Waals surface area contributed by atoms with Crippen LogP contribution in [0.1, 0.15) is 18.2 Å². The maximum absolute atomic E-state index is 5.76. The third kappa shape index (κ3) is 4.31. The standard InChI is InChI=1S/C14H19BrN4O/c1-3-16-9-13-10-19(18-17-13)6-7-20-14-5-4-12(15)8-11(14)2/h4-5,8,10,16H,3,6-7,9H2,1-2H3. The number of nitrogens with one attached hydrogen (secondary N) is 1. The molecule has 1 N–H and O–H groups in total. The van der Waals surface area contributed by atoms with E-state index in [4.69, 9.17) is 4.74 Å². The van der Waals surface area contributed by atoms with Crippen molar-refractivity contribution in [1.82, 2.24) is 20.3 Å². The van der Waals surface area contributed by atoms with Gasteiger partial charge in [0.25, 0.3) is 0 Å². The number of aryl methyl sites for hydroxylation is 1. The third-order valence-corrected chi connectivity index (χ3v) is 3.35. The molecule has 5 nitrogen and oxygen atoms in total. The van der Waals surface area contributed by atoms with Crippen LogP contribution in [-0.2, 0) is 13.1 Å². The Balaban J connectivity index is 1.82. The van der Waals surface area contributed by atoms with E-state index in [0.717, 1.165) is 34.6 Å². The molecule has 108 valence electrons. The van der Waals surface area contributed by atoms with Crippen LogP contribution in [0, 0.1) is 6.92 Å². The van der Waals surface area contributed by atoms with Crippen molar-refractivity contribution >= 4 is 15.9 Å². The maximum Gasteiger partial charge on any atom is 0.122 e. The van der Waals surface area contributed by atoms with Gasteiger partial charge < -0.3 is 10.1 Å². The number of halogens is 1. The zero-order valence-electron chi connectivity index (χ0n) is 11.8. The van der Waals surface area contributed by atoms with E-state index in [-0.39, 0.29) is 0 Å². The number of benzene rings is 1. The summed E-state index contributed by atoms with van der Waals surface area (Å²) in [4.78, 5) is 0. The molecule has 0 amide bonds. The summed E-state index contributed by atoms with van der Waals surface area (Å²) in [7, 11) is 0. The van der Waals surface area contributed by atoms with Gasteiger partial charge in [0.05, 0.1) is 12.2 Å². The van der Waals surface area contributed by atoms with Crippen molar-refractivity contribution in [3.63, 3.8) is 0 Å². The van der Waals surface area contributed by atoms with E-state index in [0.29, 0.717) is 13.2 Å². The molecule has 0 spiro atoms. The van der Waals surface area contributed by atoms with Crippen molar-refractivity contribution in [3.05, 3.63) is 40.1 Å². The van der Waals surface area contributed by atoms with Crippen LogP contribution in [0.3, 0.4) is 0 Å². The van der Waals surface area contributed by atoms with Gasteiger partial charge in [-0.05, 0) is 37.2 Å². The Labute approximate surface area is 127 Å². The molecule has 1 aromatic heterocycles. The normalized spacial score (nSPS) is 10.8. The minimum absolute atomic E-state index is 0.576. The summed E-state index contributed by atoms with van der Waals surface area (Å²) >= 11 is 3.44. The van der Waals surface area contributed by atoms with Crippen LogP contribution in [0.2, 0.25) is 0 Å². The van der Waals surface area contributed by atoms with Gasteiger partial charge in [-0.25, -0.2) is 4.68 Å². The summed E-state index contributed by atoms with van der Waals surface area (Å²) in [6.07, 6.45) is 1.94. The monoisotopic (exact) mass is 338 g/mol. The van der Waals surface area contributed by atoms with E-state index >= 15 is 0 Å². The first kappa shape index (κ1) is 15.0. The van der Waals surface area contributed by atoms with Gasteiger partial charge in [0.2, 0.25) is 0 Å². The van der Waals surface area contributed by atoms with E-state index in [1.54, 1.807) is 4.68 Å². The van der Waals surface area contributed by atoms with E-state index in [1.165, 1.54) is 0 Å². The second kappa shape index (κ2) is 7.40. The first-order valence-electron chi connectivity index (χ1n) is 6.67. The quantitative estimate of drug-likeness (QED) is 0.842. The molecule has 0 unspecified atom stereocenters. The molecule has 2 aromatic rings. The molecule has 0 aliphatic carbocycles. The summed E-state index contributed by atoms with van der Waals surface area (Å²) in [6.45, 7) is 7.05. The number of rotatable bonds is 7. The zero-order valence-corrected chi connectivity index (χ0v) is 13.4. The van der Waals surface area contributed by atoms with Crippen LogP contribution in [0.15, 0.2) is 28.9 Å². The minimum atomic E-state index is 0.576. The molecule has 6 heteroatoms. The van der Waals surface area contributed by atoms with Gasteiger partial charge in [0, 0.05) is 17.2 Å². The Morgan fingerprint density at radius 2 is 2.25 bits per heavy atom. The van der Waals surface area contributed by atoms with Gasteiger partial charge in [-0.3, -0.25) is 0 Å². The lowest BCUT2D eigenvalue weighted by Gasteiger charge is -2.09. The summed E-state index contributed by atoms with van der Waals surface area (Å²) in [5, 5.41) is 11.4. The molecule has 1 heterocycles. The molecule has 0 bridgehead atoms. The summed E-state index contributed by atoms with van der Waals surface area (Å²) in [5.41, 5.74) is 2.07. The van der Waals surface area contributed by atoms with Crippen LogP contribution < -0.4 is 10.1 Å². The van der Waals surface area contributed by atoms with E-state index in [9.17, 15) is 0 Å². The first-order chi connectivity index (χ1) is 9.69. The maximum atomic E-state index is 5.76. The first-order valence-corrected chi connectivity index (χ1v) is 7.47. The molecule has 0 radical (unpaired) electrons. The highest BCUT2D eigenvalue weighted by Crippen LogP contribution is 2.21. The minimum Gasteiger partial charge on any atom is -0.491 e. The predicted octanol–water partition coefficient (Wildman–Crippen LogP) is 2.54. The molecular formula is C14H19BrN4O. The number of hydrogen-bond donors (Lipinski definition) is 1. The van der Waals surface area contributed by atoms with Crippen molar-refractivity contribution in [2.45, 2.75) is 26.9 Å². The highest BCUT2D eigenvalue weighted by Gasteiger charge is 2.02. The molecule has 0 aliphatic rings. The summed E-state index contributed by atoms with van der Waals surface area (Å²) in [5.74, 6) is 0.904. The van der Waals surface area contributed by atoms with Crippen LogP contribution in [0.25, 0.3) is 0 Å². The smallest absolute Gasteiger partial charge is 0.122 e. The second-order valence-electron chi connectivity index (χ2n) is 4.51. The zero-order chi connectivity index (χ0) is 14.4. The Hall–Kier alpha value is -1.40. The Morgan fingerprint density at radius 1 is 1.40 bits per heavy atom. The van der Waals surface area contributed by atoms with Crippen LogP contribution in [0.4, 0.5) is 0 Å². The van der Waals surface area contributed by atoms with E-state index < -0.39 is 0 Å². The Bertz CT molecular complexity index is 556. The average molecular weight is 339 g/mol. The van der Waals surface area contributed by atoms with Gasteiger partial charge in [0.15, 0.2) is 0 Å². The molecule has 20 heavy (non-hydrogen) atoms. The molecule has 0 fully saturated rings. The molecule has 0 atom stereocenters. The van der Waals surface area contributed by atoms with Crippen LogP contribution in [0.5, 0.6) is 5.75 Å². The lowest BCUT2D eigenvalue weighted by molar-refractivity contribution is 0.288. The van der Waals surface area contributed by atoms with Gasteiger partial charge >= 0.3 is 0 Å². The Morgan fingerprint density at radius 3 is 3.00 bits per heavy atom. The van der Waals surface area contributed by atoms with Gasteiger partial charge in [0.1, 0.15) is 12.4 Å². The topological polar surface area (TPSA) is 52.0 Å². The van der Waals surface area contributed by atoms with Crippen molar-refractivity contribution in [3.8, 4) is 5.75 Å². The molecule has 2 rings (SSSR count). The summed E-state index contributed by atoms with van der Waals surface area (Å²) < 4.78 is 8.63. The fourth-order valence-electron chi connectivity index (χ4n) is 1.81. The van der Waals surface area contributed by atoms with Crippen LogP contribution in [-0.4, -0.2) is 28.1 Å². The van der Waals surface area contributed by atoms with Crippen molar-refractivity contribution in [2.24, 2.45) is 0 Å². The largest absolute Gasteiger partial charge is 0.491 e. The van der Waals surface area contributed by atoms with Crippen molar-refractivity contribution in [2.75, 3.05) is 13.2 Å². The Kier molecular flexibility index (Phi) is 5.55. The number of nitrogens with zero attached hydrogens (tertiary/aromatic N) is 3. The average Bonchev–Trinajstić information content (AvgIpc) is 2.87. The highest BCUT2D eigenvalue weighted by molar-refractivity contribution is 9.10. The van der Waals surface area contributed by atoms with Crippen molar-refractivity contribution in [1.29, 1.82) is 0 Å². The fraction of sp³-hybridized carbons (Fsp3) is 0.429. The van der Waals surface area contributed by atoms with Gasteiger partial charge in [-0.15, -0.1) is 5.10 Å². The molecule has 0 saturated carbocycles. The lowest BCUT2D eigenvalue weighted by Crippen LogP contribution is -2.12. The fourth-order valence-corrected chi connectivity index (χ4v) is 2.28. The molecule has 1 aromatic carbocycles. The van der Waals surface area contributed by atoms with Gasteiger partial charge in [-0.2, -0.15) is 0 Å². The van der Waals surface area contributed by atoms with Crippen LogP contribution >= 0.6 is 15.9 Å². The number of ether oxygens (including phenoxy) is 1. The third-order valence-electron chi connectivity index (χ3n) is 2.86. The SMILES string of the molecule is CCNCc1cn(CCOc2ccc(Br)cc2C)nn1. The highest BCUT2D eigenvalue weighted by atomic mass is 79.9. The van der Waals surface area contributed by atoms with Crippen molar-refractivity contribution < 1.29 is 4.74 Å². The summed E-state index contributed by atoms with van der Waals surface area (Å²) in [6, 6.07) is 5.99. The second-order valence-corrected chi connectivity index (χ2v) is 5.43. The predicted molar refractivity (Wildman–Crippen MR) is 81.8 cm³/mol. The lowest BCUT2D eigenvalue weighted by atomic mass is 10.2. The van der Waals surface area contributed by atoms with E-state index in [2.05, 4.69) is 38.5 Å². The van der Waals surface area contributed by atoms with E-state index in [1.807, 2.05) is 31.3 Å². The molecule has 0 saturated heterocycles. The number of aromatic nitrogens is 3. The number of hydrogen-bond acceptors (Lipinski definition) is 4. The molecule has 0 aliphatic heterocycles.